The predicted octanol–water partition coefficient (Wildman–Crippen LogP) is 4.94. The molecule has 146 valence electrons. The standard InChI is InChI=1S/C23H32N2O2/c1-5-12-25(13-6-2)16-22(26)24-23-18(3)14-21(15-19(23)4)27-17-20-10-8-7-9-11-20/h7-11,14-15H,5-6,12-13,16-17H2,1-4H3,(H,24,26). The van der Waals surface area contributed by atoms with Gasteiger partial charge < -0.3 is 10.1 Å². The number of benzene rings is 2. The van der Waals surface area contributed by atoms with Crippen LogP contribution in [0.2, 0.25) is 0 Å². The summed E-state index contributed by atoms with van der Waals surface area (Å²) in [5.74, 6) is 0.867. The van der Waals surface area contributed by atoms with E-state index >= 15 is 0 Å². The number of rotatable bonds is 10. The van der Waals surface area contributed by atoms with Gasteiger partial charge in [0.25, 0.3) is 0 Å². The lowest BCUT2D eigenvalue weighted by Crippen LogP contribution is -2.34. The van der Waals surface area contributed by atoms with Crippen molar-refractivity contribution in [2.45, 2.75) is 47.1 Å². The van der Waals surface area contributed by atoms with E-state index in [2.05, 4.69) is 24.1 Å². The molecule has 0 aliphatic carbocycles. The highest BCUT2D eigenvalue weighted by Crippen LogP contribution is 2.27. The van der Waals surface area contributed by atoms with Crippen LogP contribution in [0.5, 0.6) is 5.75 Å². The Morgan fingerprint density at radius 1 is 1.00 bits per heavy atom. The summed E-state index contributed by atoms with van der Waals surface area (Å²) >= 11 is 0. The first-order valence-corrected chi connectivity index (χ1v) is 9.83. The Kier molecular flexibility index (Phi) is 8.34. The molecule has 0 aliphatic rings. The maximum Gasteiger partial charge on any atom is 0.238 e. The van der Waals surface area contributed by atoms with Crippen molar-refractivity contribution in [3.05, 3.63) is 59.2 Å². The summed E-state index contributed by atoms with van der Waals surface area (Å²) in [5.41, 5.74) is 4.06. The fraction of sp³-hybridized carbons (Fsp3) is 0.435. The van der Waals surface area contributed by atoms with E-state index in [0.717, 1.165) is 54.1 Å². The number of aryl methyl sites for hydroxylation is 2. The van der Waals surface area contributed by atoms with E-state index in [1.54, 1.807) is 0 Å². The van der Waals surface area contributed by atoms with Gasteiger partial charge in [-0.2, -0.15) is 0 Å². The Morgan fingerprint density at radius 3 is 2.15 bits per heavy atom. The zero-order chi connectivity index (χ0) is 19.6. The van der Waals surface area contributed by atoms with Gasteiger partial charge in [0.05, 0.1) is 6.54 Å². The molecule has 0 aliphatic heterocycles. The third kappa shape index (κ3) is 6.72. The normalized spacial score (nSPS) is 10.9. The molecule has 0 heterocycles. The first-order valence-electron chi connectivity index (χ1n) is 9.83. The summed E-state index contributed by atoms with van der Waals surface area (Å²) in [7, 11) is 0. The number of carbonyl (C=O) groups is 1. The van der Waals surface area contributed by atoms with Crippen LogP contribution in [0.3, 0.4) is 0 Å². The van der Waals surface area contributed by atoms with Crippen molar-refractivity contribution in [3.8, 4) is 5.75 Å². The van der Waals surface area contributed by atoms with E-state index in [1.165, 1.54) is 0 Å². The van der Waals surface area contributed by atoms with Gasteiger partial charge in [-0.05, 0) is 68.6 Å². The van der Waals surface area contributed by atoms with Gasteiger partial charge in [0, 0.05) is 5.69 Å². The molecule has 0 aromatic heterocycles. The maximum absolute atomic E-state index is 12.5. The van der Waals surface area contributed by atoms with E-state index < -0.39 is 0 Å². The summed E-state index contributed by atoms with van der Waals surface area (Å²) < 4.78 is 5.92. The highest BCUT2D eigenvalue weighted by Gasteiger charge is 2.13. The molecule has 0 saturated heterocycles. The van der Waals surface area contributed by atoms with Crippen LogP contribution in [0.15, 0.2) is 42.5 Å². The largest absolute Gasteiger partial charge is 0.489 e. The molecule has 2 aromatic carbocycles. The van der Waals surface area contributed by atoms with Gasteiger partial charge in [0.2, 0.25) is 5.91 Å². The monoisotopic (exact) mass is 368 g/mol. The molecule has 0 atom stereocenters. The van der Waals surface area contributed by atoms with Crippen molar-refractivity contribution in [2.75, 3.05) is 25.0 Å². The minimum absolute atomic E-state index is 0.0426. The van der Waals surface area contributed by atoms with E-state index in [9.17, 15) is 4.79 Å². The average Bonchev–Trinajstić information content (AvgIpc) is 2.64. The van der Waals surface area contributed by atoms with Crippen molar-refractivity contribution in [2.24, 2.45) is 0 Å². The van der Waals surface area contributed by atoms with Crippen LogP contribution in [0.25, 0.3) is 0 Å². The molecule has 0 saturated carbocycles. The van der Waals surface area contributed by atoms with Gasteiger partial charge in [0.15, 0.2) is 0 Å². The zero-order valence-electron chi connectivity index (χ0n) is 17.0. The van der Waals surface area contributed by atoms with E-state index in [0.29, 0.717) is 13.2 Å². The first-order chi connectivity index (χ1) is 13.0. The number of nitrogens with one attached hydrogen (secondary N) is 1. The zero-order valence-corrected chi connectivity index (χ0v) is 17.0. The maximum atomic E-state index is 12.5. The Morgan fingerprint density at radius 2 is 1.59 bits per heavy atom. The van der Waals surface area contributed by atoms with Gasteiger partial charge in [-0.15, -0.1) is 0 Å². The Balaban J connectivity index is 2.00. The summed E-state index contributed by atoms with van der Waals surface area (Å²) in [6.45, 7) is 11.2. The topological polar surface area (TPSA) is 41.6 Å². The molecule has 0 bridgehead atoms. The summed E-state index contributed by atoms with van der Waals surface area (Å²) in [5, 5.41) is 3.09. The molecule has 2 rings (SSSR count). The molecule has 27 heavy (non-hydrogen) atoms. The molecule has 0 spiro atoms. The molecule has 4 heteroatoms. The third-order valence-corrected chi connectivity index (χ3v) is 4.47. The molecule has 1 N–H and O–H groups in total. The third-order valence-electron chi connectivity index (χ3n) is 4.47. The van der Waals surface area contributed by atoms with E-state index in [-0.39, 0.29) is 5.91 Å². The fourth-order valence-electron chi connectivity index (χ4n) is 3.23. The summed E-state index contributed by atoms with van der Waals surface area (Å²) in [6.07, 6.45) is 2.11. The van der Waals surface area contributed by atoms with Crippen molar-refractivity contribution < 1.29 is 9.53 Å². The van der Waals surface area contributed by atoms with Crippen molar-refractivity contribution in [1.29, 1.82) is 0 Å². The lowest BCUT2D eigenvalue weighted by atomic mass is 10.1. The van der Waals surface area contributed by atoms with Gasteiger partial charge in [-0.1, -0.05) is 44.2 Å². The number of hydrogen-bond donors (Lipinski definition) is 1. The van der Waals surface area contributed by atoms with Crippen LogP contribution in [0.1, 0.15) is 43.4 Å². The number of nitrogens with zero attached hydrogens (tertiary/aromatic N) is 1. The molecule has 0 unspecified atom stereocenters. The van der Waals surface area contributed by atoms with Crippen LogP contribution in [0.4, 0.5) is 5.69 Å². The van der Waals surface area contributed by atoms with E-state index in [4.69, 9.17) is 4.74 Å². The molecule has 2 aromatic rings. The second-order valence-corrected chi connectivity index (χ2v) is 7.03. The van der Waals surface area contributed by atoms with E-state index in [1.807, 2.05) is 56.3 Å². The molecule has 4 nitrogen and oxygen atoms in total. The average molecular weight is 369 g/mol. The van der Waals surface area contributed by atoms with Crippen LogP contribution in [0, 0.1) is 13.8 Å². The number of hydrogen-bond acceptors (Lipinski definition) is 3. The second kappa shape index (κ2) is 10.7. The first kappa shape index (κ1) is 21.0. The smallest absolute Gasteiger partial charge is 0.238 e. The van der Waals surface area contributed by atoms with Crippen LogP contribution in [-0.2, 0) is 11.4 Å². The highest BCUT2D eigenvalue weighted by molar-refractivity contribution is 5.93. The summed E-state index contributed by atoms with van der Waals surface area (Å²) in [6, 6.07) is 14.1. The Labute approximate surface area is 163 Å². The Bertz CT molecular complexity index is 699. The Hall–Kier alpha value is -2.33. The summed E-state index contributed by atoms with van der Waals surface area (Å²) in [4.78, 5) is 14.7. The van der Waals surface area contributed by atoms with Gasteiger partial charge >= 0.3 is 0 Å². The molecule has 0 radical (unpaired) electrons. The molecular formula is C23H32N2O2. The van der Waals surface area contributed by atoms with Crippen molar-refractivity contribution in [1.82, 2.24) is 4.90 Å². The lowest BCUT2D eigenvalue weighted by molar-refractivity contribution is -0.117. The quantitative estimate of drug-likeness (QED) is 0.645. The predicted molar refractivity (Wildman–Crippen MR) is 112 cm³/mol. The minimum atomic E-state index is 0.0426. The fourth-order valence-corrected chi connectivity index (χ4v) is 3.23. The SMILES string of the molecule is CCCN(CCC)CC(=O)Nc1c(C)cc(OCc2ccccc2)cc1C. The number of amides is 1. The minimum Gasteiger partial charge on any atom is -0.489 e. The van der Waals surface area contributed by atoms with Crippen LogP contribution < -0.4 is 10.1 Å². The van der Waals surface area contributed by atoms with Crippen molar-refractivity contribution >= 4 is 11.6 Å². The van der Waals surface area contributed by atoms with Gasteiger partial charge in [0.1, 0.15) is 12.4 Å². The lowest BCUT2D eigenvalue weighted by Gasteiger charge is -2.21. The number of ether oxygens (including phenoxy) is 1. The second-order valence-electron chi connectivity index (χ2n) is 7.03. The number of anilines is 1. The number of carbonyl (C=O) groups excluding carboxylic acids is 1. The van der Waals surface area contributed by atoms with Crippen molar-refractivity contribution in [3.63, 3.8) is 0 Å². The molecule has 0 fully saturated rings. The van der Waals surface area contributed by atoms with Crippen LogP contribution in [-0.4, -0.2) is 30.4 Å². The molecular weight excluding hydrogens is 336 g/mol. The highest BCUT2D eigenvalue weighted by atomic mass is 16.5. The van der Waals surface area contributed by atoms with Gasteiger partial charge in [-0.25, -0.2) is 0 Å². The molecule has 1 amide bonds. The van der Waals surface area contributed by atoms with Gasteiger partial charge in [-0.3, -0.25) is 9.69 Å². The van der Waals surface area contributed by atoms with Crippen LogP contribution >= 0.6 is 0 Å².